The first-order valence-corrected chi connectivity index (χ1v) is 11.9. The molecule has 2 aliphatic rings. The van der Waals surface area contributed by atoms with Crippen LogP contribution in [0.5, 0.6) is 0 Å². The van der Waals surface area contributed by atoms with Crippen molar-refractivity contribution in [2.24, 2.45) is 0 Å². The van der Waals surface area contributed by atoms with Gasteiger partial charge in [0, 0.05) is 43.6 Å². The summed E-state index contributed by atoms with van der Waals surface area (Å²) in [6.45, 7) is 3.64. The lowest BCUT2D eigenvalue weighted by Crippen LogP contribution is -2.54. The Bertz CT molecular complexity index is 1230. The number of hydrogen-bond acceptors (Lipinski definition) is 5. The molecule has 0 radical (unpaired) electrons. The summed E-state index contributed by atoms with van der Waals surface area (Å²) in [7, 11) is 1.97. The number of piperazine rings is 1. The van der Waals surface area contributed by atoms with Crippen molar-refractivity contribution in [2.45, 2.75) is 38.4 Å². The van der Waals surface area contributed by atoms with E-state index in [0.29, 0.717) is 11.1 Å². The van der Waals surface area contributed by atoms with Crippen LogP contribution in [0.3, 0.4) is 0 Å². The van der Waals surface area contributed by atoms with Gasteiger partial charge in [-0.1, -0.05) is 11.6 Å². The molecule has 2 saturated heterocycles. The van der Waals surface area contributed by atoms with E-state index in [4.69, 9.17) is 11.6 Å². The van der Waals surface area contributed by atoms with E-state index < -0.39 is 17.5 Å². The zero-order valence-electron chi connectivity index (χ0n) is 18.3. The van der Waals surface area contributed by atoms with Gasteiger partial charge in [-0.2, -0.15) is 5.26 Å². The molecule has 2 unspecified atom stereocenters. The maximum Gasteiger partial charge on any atom is 0.407 e. The Labute approximate surface area is 203 Å². The highest BCUT2D eigenvalue weighted by Crippen LogP contribution is 2.38. The van der Waals surface area contributed by atoms with Crippen LogP contribution in [0, 0.1) is 17.1 Å². The van der Waals surface area contributed by atoms with Crippen molar-refractivity contribution in [3.63, 3.8) is 0 Å². The van der Waals surface area contributed by atoms with Crippen molar-refractivity contribution < 1.29 is 14.3 Å². The average Bonchev–Trinajstić information content (AvgIpc) is 3.17. The molecule has 2 aliphatic heterocycles. The Hall–Kier alpha value is -2.35. The van der Waals surface area contributed by atoms with Gasteiger partial charge in [0.05, 0.1) is 20.7 Å². The van der Waals surface area contributed by atoms with E-state index >= 15 is 4.39 Å². The van der Waals surface area contributed by atoms with Crippen LogP contribution >= 0.6 is 27.5 Å². The number of fused-ring (bicyclic) bond motifs is 1. The van der Waals surface area contributed by atoms with Crippen molar-refractivity contribution in [1.82, 2.24) is 14.4 Å². The minimum Gasteiger partial charge on any atom is -0.465 e. The number of halogens is 3. The normalized spacial score (nSPS) is 21.6. The first kappa shape index (κ1) is 23.8. The molecule has 2 atom stereocenters. The minimum atomic E-state index is -1.03. The summed E-state index contributed by atoms with van der Waals surface area (Å²) in [6, 6.07) is 3.29. The molecule has 0 aliphatic carbocycles. The molecular formula is C22H24BrClFN5O3. The fraction of sp³-hybridized carbons (Fsp3) is 0.500. The van der Waals surface area contributed by atoms with E-state index in [2.05, 4.69) is 20.8 Å². The van der Waals surface area contributed by atoms with Crippen molar-refractivity contribution in [3.05, 3.63) is 37.3 Å². The number of likely N-dealkylation sites (tertiary alicyclic amines) is 1. The zero-order valence-corrected chi connectivity index (χ0v) is 20.7. The summed E-state index contributed by atoms with van der Waals surface area (Å²) in [4.78, 5) is 30.3. The second-order valence-corrected chi connectivity index (χ2v) is 9.88. The monoisotopic (exact) mass is 539 g/mol. The predicted octanol–water partition coefficient (Wildman–Crippen LogP) is 3.71. The topological polar surface area (TPSA) is 92.8 Å². The Kier molecular flexibility index (Phi) is 6.58. The molecule has 2 fully saturated rings. The van der Waals surface area contributed by atoms with Gasteiger partial charge in [0.2, 0.25) is 0 Å². The van der Waals surface area contributed by atoms with Crippen LogP contribution in [0.25, 0.3) is 10.9 Å². The number of carbonyl (C=O) groups is 1. The number of likely N-dealkylation sites (N-methyl/N-ethyl adjacent to an activating group) is 1. The quantitative estimate of drug-likeness (QED) is 0.597. The summed E-state index contributed by atoms with van der Waals surface area (Å²) in [5, 5.41) is 19.9. The highest BCUT2D eigenvalue weighted by Gasteiger charge is 2.33. The van der Waals surface area contributed by atoms with Crippen LogP contribution in [0.1, 0.15) is 25.3 Å². The van der Waals surface area contributed by atoms with Crippen molar-refractivity contribution in [1.29, 1.82) is 5.26 Å². The van der Waals surface area contributed by atoms with Crippen molar-refractivity contribution in [3.8, 4) is 6.07 Å². The first-order chi connectivity index (χ1) is 15.6. The lowest BCUT2D eigenvalue weighted by Gasteiger charge is -2.40. The van der Waals surface area contributed by atoms with Gasteiger partial charge in [0.1, 0.15) is 11.6 Å². The van der Waals surface area contributed by atoms with Crippen LogP contribution in [-0.4, -0.2) is 70.9 Å². The van der Waals surface area contributed by atoms with Gasteiger partial charge in [-0.25, -0.2) is 9.18 Å². The number of nitrogens with zero attached hydrogens (tertiary/aromatic N) is 5. The van der Waals surface area contributed by atoms with E-state index in [1.54, 1.807) is 17.9 Å². The summed E-state index contributed by atoms with van der Waals surface area (Å²) in [5.74, 6) is -0.654. The molecule has 1 aromatic heterocycles. The smallest absolute Gasteiger partial charge is 0.407 e. The van der Waals surface area contributed by atoms with Gasteiger partial charge in [-0.05, 0) is 55.4 Å². The molecule has 2 aromatic rings. The van der Waals surface area contributed by atoms with Crippen molar-refractivity contribution in [2.75, 3.05) is 38.1 Å². The molecule has 11 heteroatoms. The number of aromatic nitrogens is 1. The highest BCUT2D eigenvalue weighted by atomic mass is 79.9. The summed E-state index contributed by atoms with van der Waals surface area (Å²) < 4.78 is 17.0. The van der Waals surface area contributed by atoms with Gasteiger partial charge in [-0.15, -0.1) is 0 Å². The lowest BCUT2D eigenvalue weighted by molar-refractivity contribution is 0.123. The van der Waals surface area contributed by atoms with Gasteiger partial charge in [-0.3, -0.25) is 4.79 Å². The lowest BCUT2D eigenvalue weighted by atomic mass is 10.0. The van der Waals surface area contributed by atoms with E-state index in [1.165, 1.54) is 9.47 Å². The molecule has 176 valence electrons. The van der Waals surface area contributed by atoms with E-state index in [0.717, 1.165) is 19.4 Å². The number of hydrogen-bond donors (Lipinski definition) is 1. The second kappa shape index (κ2) is 9.12. The van der Waals surface area contributed by atoms with Gasteiger partial charge in [0.25, 0.3) is 5.56 Å². The fourth-order valence-corrected chi connectivity index (χ4v) is 5.47. The number of carboxylic acid groups (broad SMARTS) is 1. The predicted molar refractivity (Wildman–Crippen MR) is 128 cm³/mol. The standard InChI is InChI=1S/C22H24BrClFN5O3/c1-12-10-28(6-7-29(12)22(32)33)19-14-8-16(24)17(23)18(25)20(14)30(21(31)15(19)9-26)11-13-4-3-5-27(13)2/h8,12-13H,3-7,10-11H2,1-2H3,(H,32,33). The number of rotatable bonds is 3. The molecule has 33 heavy (non-hydrogen) atoms. The largest absolute Gasteiger partial charge is 0.465 e. The molecule has 0 spiro atoms. The molecule has 1 amide bonds. The molecule has 0 bridgehead atoms. The number of amides is 1. The summed E-state index contributed by atoms with van der Waals surface area (Å²) >= 11 is 9.50. The van der Waals surface area contributed by atoms with Crippen LogP contribution in [0.4, 0.5) is 14.9 Å². The maximum atomic E-state index is 15.6. The van der Waals surface area contributed by atoms with E-state index in [1.807, 2.05) is 13.1 Å². The number of benzene rings is 1. The van der Waals surface area contributed by atoms with Gasteiger partial charge >= 0.3 is 6.09 Å². The Morgan fingerprint density at radius 3 is 2.70 bits per heavy atom. The Morgan fingerprint density at radius 2 is 2.12 bits per heavy atom. The van der Waals surface area contributed by atoms with Crippen LogP contribution in [0.15, 0.2) is 15.3 Å². The van der Waals surface area contributed by atoms with Gasteiger partial charge < -0.3 is 24.4 Å². The molecule has 1 aromatic carbocycles. The third kappa shape index (κ3) is 4.07. The molecule has 8 nitrogen and oxygen atoms in total. The Balaban J connectivity index is 1.95. The third-order valence-electron chi connectivity index (χ3n) is 6.72. The number of anilines is 1. The van der Waals surface area contributed by atoms with Crippen LogP contribution in [0.2, 0.25) is 5.02 Å². The zero-order chi connectivity index (χ0) is 24.0. The molecule has 4 rings (SSSR count). The summed E-state index contributed by atoms with van der Waals surface area (Å²) in [6.07, 6.45) is 0.835. The third-order valence-corrected chi connectivity index (χ3v) is 8.03. The Morgan fingerprint density at radius 1 is 1.39 bits per heavy atom. The minimum absolute atomic E-state index is 0.0521. The van der Waals surface area contributed by atoms with E-state index in [9.17, 15) is 20.0 Å². The van der Waals surface area contributed by atoms with Crippen LogP contribution in [-0.2, 0) is 6.54 Å². The average molecular weight is 541 g/mol. The first-order valence-electron chi connectivity index (χ1n) is 10.7. The second-order valence-electron chi connectivity index (χ2n) is 8.68. The highest BCUT2D eigenvalue weighted by molar-refractivity contribution is 9.10. The summed E-state index contributed by atoms with van der Waals surface area (Å²) in [5.41, 5.74) is -0.240. The van der Waals surface area contributed by atoms with Crippen LogP contribution < -0.4 is 10.5 Å². The molecule has 0 saturated carbocycles. The van der Waals surface area contributed by atoms with Gasteiger partial charge in [0.15, 0.2) is 5.82 Å². The number of pyridine rings is 1. The van der Waals surface area contributed by atoms with E-state index in [-0.39, 0.29) is 58.8 Å². The fourth-order valence-electron chi connectivity index (χ4n) is 4.97. The van der Waals surface area contributed by atoms with Crippen molar-refractivity contribution >= 4 is 50.2 Å². The number of nitriles is 1. The SMILES string of the molecule is CC1CN(c2c(C#N)c(=O)n(CC3CCCN3C)c3c(F)c(Br)c(Cl)cc23)CCN1C(=O)O. The molecule has 1 N–H and O–H groups in total. The maximum absolute atomic E-state index is 15.6. The molecular weight excluding hydrogens is 517 g/mol. The molecule has 3 heterocycles.